The second-order valence-electron chi connectivity index (χ2n) is 5.05. The highest BCUT2D eigenvalue weighted by molar-refractivity contribution is 5.29. The van der Waals surface area contributed by atoms with Crippen LogP contribution in [0.1, 0.15) is 29.4 Å². The Morgan fingerprint density at radius 1 is 0.864 bits per heavy atom. The molecule has 1 aromatic heterocycles. The average Bonchev–Trinajstić information content (AvgIpc) is 2.36. The summed E-state index contributed by atoms with van der Waals surface area (Å²) >= 11 is 0. The van der Waals surface area contributed by atoms with Gasteiger partial charge in [0.1, 0.15) is 0 Å². The number of hydrogen-bond donors (Lipinski definition) is 0. The Morgan fingerprint density at radius 3 is 1.64 bits per heavy atom. The van der Waals surface area contributed by atoms with Gasteiger partial charge < -0.3 is 0 Å². The lowest BCUT2D eigenvalue weighted by atomic mass is 10.1. The van der Waals surface area contributed by atoms with Crippen molar-refractivity contribution in [2.24, 2.45) is 0 Å². The predicted octanol–water partition coefficient (Wildman–Crippen LogP) is -1.31. The molecule has 0 radical (unpaired) electrons. The van der Waals surface area contributed by atoms with Crippen LogP contribution in [0.2, 0.25) is 0 Å². The van der Waals surface area contributed by atoms with Gasteiger partial charge in [-0.2, -0.15) is 4.57 Å². The third-order valence-corrected chi connectivity index (χ3v) is 3.18. The summed E-state index contributed by atoms with van der Waals surface area (Å²) < 4.78 is 36.3. The molecular formula is C16H20ClNO4. The Bertz CT molecular complexity index is 592. The molecule has 6 heteroatoms. The molecule has 0 aliphatic heterocycles. The third-order valence-electron chi connectivity index (χ3n) is 3.18. The van der Waals surface area contributed by atoms with Crippen molar-refractivity contribution in [3.8, 4) is 5.69 Å². The van der Waals surface area contributed by atoms with Crippen molar-refractivity contribution in [2.45, 2.75) is 34.1 Å². The molecule has 120 valence electrons. The second-order valence-corrected chi connectivity index (χ2v) is 5.80. The molecule has 0 aliphatic carbocycles. The zero-order valence-corrected chi connectivity index (χ0v) is 13.9. The molecule has 0 saturated heterocycles. The monoisotopic (exact) mass is 325 g/mol. The van der Waals surface area contributed by atoms with Crippen LogP contribution < -0.4 is 23.2 Å². The number of nitrogens with zero attached hydrogens (tertiary/aromatic N) is 1. The normalized spacial score (nSPS) is 10.9. The van der Waals surface area contributed by atoms with Crippen molar-refractivity contribution in [1.82, 2.24) is 0 Å². The lowest BCUT2D eigenvalue weighted by molar-refractivity contribution is -2.00. The maximum Gasteiger partial charge on any atom is 0.211 e. The summed E-state index contributed by atoms with van der Waals surface area (Å²) in [6.07, 6.45) is 1.09. The Balaban J connectivity index is 0.000000422. The minimum Gasteiger partial charge on any atom is -0.222 e. The molecule has 1 heterocycles. The quantitative estimate of drug-likeness (QED) is 0.641. The first-order valence-corrected chi connectivity index (χ1v) is 8.06. The molecule has 0 aliphatic rings. The molecule has 0 saturated carbocycles. The molecule has 1 aromatic carbocycles. The average molecular weight is 326 g/mol. The van der Waals surface area contributed by atoms with Gasteiger partial charge in [-0.15, -0.1) is 10.2 Å². The Morgan fingerprint density at radius 2 is 1.27 bits per heavy atom. The number of rotatable bonds is 2. The van der Waals surface area contributed by atoms with E-state index in [-0.39, 0.29) is 0 Å². The van der Waals surface area contributed by atoms with Gasteiger partial charge in [-0.1, -0.05) is 19.1 Å². The van der Waals surface area contributed by atoms with Crippen LogP contribution in [0, 0.1) is 31.0 Å². The van der Waals surface area contributed by atoms with E-state index in [9.17, 15) is 0 Å². The van der Waals surface area contributed by atoms with Gasteiger partial charge in [0, 0.05) is 38.1 Å². The van der Waals surface area contributed by atoms with Crippen LogP contribution in [0.15, 0.2) is 36.4 Å². The van der Waals surface area contributed by atoms with Crippen molar-refractivity contribution >= 4 is 0 Å². The van der Waals surface area contributed by atoms with Crippen LogP contribution in [-0.2, 0) is 6.42 Å². The van der Waals surface area contributed by atoms with E-state index in [1.165, 1.54) is 28.2 Å². The van der Waals surface area contributed by atoms with Crippen molar-refractivity contribution in [3.63, 3.8) is 0 Å². The fourth-order valence-corrected chi connectivity index (χ4v) is 2.40. The summed E-state index contributed by atoms with van der Waals surface area (Å²) in [6.45, 7) is 8.65. The number of halogens is 1. The van der Waals surface area contributed by atoms with Gasteiger partial charge in [0.05, 0.1) is 0 Å². The van der Waals surface area contributed by atoms with Crippen LogP contribution in [0.3, 0.4) is 0 Å². The minimum atomic E-state index is -4.94. The van der Waals surface area contributed by atoms with Gasteiger partial charge in [-0.25, -0.2) is 18.6 Å². The molecule has 0 bridgehead atoms. The number of aryl methyl sites for hydroxylation is 4. The van der Waals surface area contributed by atoms with Crippen LogP contribution in [0.4, 0.5) is 0 Å². The van der Waals surface area contributed by atoms with Gasteiger partial charge in [-0.3, -0.25) is 0 Å². The summed E-state index contributed by atoms with van der Waals surface area (Å²) in [5.74, 6) is 0. The Kier molecular flexibility index (Phi) is 6.47. The van der Waals surface area contributed by atoms with E-state index in [1.54, 1.807) is 0 Å². The zero-order valence-electron chi connectivity index (χ0n) is 13.1. The van der Waals surface area contributed by atoms with E-state index >= 15 is 0 Å². The van der Waals surface area contributed by atoms with E-state index in [1.807, 2.05) is 0 Å². The van der Waals surface area contributed by atoms with Gasteiger partial charge in [0.2, 0.25) is 5.69 Å². The molecule has 0 spiro atoms. The zero-order chi connectivity index (χ0) is 16.9. The highest BCUT2D eigenvalue weighted by atomic mass is 35.7. The van der Waals surface area contributed by atoms with E-state index in [0.29, 0.717) is 0 Å². The first-order valence-electron chi connectivity index (χ1n) is 6.82. The van der Waals surface area contributed by atoms with E-state index in [4.69, 9.17) is 18.6 Å². The number of pyridine rings is 1. The molecule has 0 unspecified atom stereocenters. The van der Waals surface area contributed by atoms with Crippen LogP contribution in [0.5, 0.6) is 0 Å². The third kappa shape index (κ3) is 6.09. The predicted molar refractivity (Wildman–Crippen MR) is 71.6 cm³/mol. The smallest absolute Gasteiger partial charge is 0.211 e. The van der Waals surface area contributed by atoms with Gasteiger partial charge in [0.15, 0.2) is 11.4 Å². The molecule has 5 nitrogen and oxygen atoms in total. The maximum atomic E-state index is 8.49. The molecule has 2 aromatic rings. The maximum absolute atomic E-state index is 8.49. The molecule has 0 atom stereocenters. The highest BCUT2D eigenvalue weighted by Crippen LogP contribution is 2.09. The van der Waals surface area contributed by atoms with Crippen molar-refractivity contribution in [3.05, 3.63) is 58.9 Å². The van der Waals surface area contributed by atoms with Crippen LogP contribution in [-0.4, -0.2) is 0 Å². The topological polar surface area (TPSA) is 96.1 Å². The number of aromatic nitrogens is 1. The SMILES string of the molecule is CCc1ccc(-[n+]2c(C)cc(C)cc2C)cc1.[O-][Cl+3]([O-])([O-])[O-]. The van der Waals surface area contributed by atoms with E-state index in [0.717, 1.165) is 6.42 Å². The Hall–Kier alpha value is -1.50. The Labute approximate surface area is 132 Å². The fraction of sp³-hybridized carbons (Fsp3) is 0.312. The molecular weight excluding hydrogens is 306 g/mol. The molecule has 22 heavy (non-hydrogen) atoms. The fourth-order valence-electron chi connectivity index (χ4n) is 2.40. The molecule has 0 N–H and O–H groups in total. The van der Waals surface area contributed by atoms with Crippen molar-refractivity contribution in [1.29, 1.82) is 0 Å². The summed E-state index contributed by atoms with van der Waals surface area (Å²) in [5.41, 5.74) is 6.52. The van der Waals surface area contributed by atoms with Crippen LogP contribution >= 0.6 is 0 Å². The van der Waals surface area contributed by atoms with Crippen molar-refractivity contribution < 1.29 is 33.4 Å². The molecule has 2 rings (SSSR count). The minimum absolute atomic E-state index is 1.09. The first-order chi connectivity index (χ1) is 10.1. The second kappa shape index (κ2) is 7.67. The highest BCUT2D eigenvalue weighted by Gasteiger charge is 2.14. The summed E-state index contributed by atoms with van der Waals surface area (Å²) in [6, 6.07) is 13.3. The lowest BCUT2D eigenvalue weighted by Crippen LogP contribution is -2.68. The van der Waals surface area contributed by atoms with Gasteiger partial charge in [-0.05, 0) is 24.5 Å². The van der Waals surface area contributed by atoms with Crippen LogP contribution in [0.25, 0.3) is 5.69 Å². The molecule has 0 amide bonds. The summed E-state index contributed by atoms with van der Waals surface area (Å²) in [5, 5.41) is 0. The lowest BCUT2D eigenvalue weighted by Gasteiger charge is -2.17. The first kappa shape index (κ1) is 18.5. The van der Waals surface area contributed by atoms with E-state index < -0.39 is 10.2 Å². The number of hydrogen-bond acceptors (Lipinski definition) is 4. The summed E-state index contributed by atoms with van der Waals surface area (Å²) in [7, 11) is -4.94. The van der Waals surface area contributed by atoms with Gasteiger partial charge >= 0.3 is 0 Å². The van der Waals surface area contributed by atoms with E-state index in [2.05, 4.69) is 68.7 Å². The summed E-state index contributed by atoms with van der Waals surface area (Å²) in [4.78, 5) is 0. The van der Waals surface area contributed by atoms with Gasteiger partial charge in [0.25, 0.3) is 0 Å². The molecule has 0 fully saturated rings. The largest absolute Gasteiger partial charge is 0.222 e. The van der Waals surface area contributed by atoms with Crippen molar-refractivity contribution in [2.75, 3.05) is 0 Å². The number of benzene rings is 1. The standard InChI is InChI=1S/C16H20N.ClHO4/c1-5-15-6-8-16(9-7-15)17-13(3)10-12(2)11-14(17)4;2-1(3,4)5/h6-11H,5H2,1-4H3;(H,2,3,4,5)/q+1;/p-1.